The van der Waals surface area contributed by atoms with E-state index in [-0.39, 0.29) is 26.2 Å². The number of nitro benzene ring substituents is 1. The van der Waals surface area contributed by atoms with Gasteiger partial charge in [-0.15, -0.1) is 0 Å². The predicted octanol–water partition coefficient (Wildman–Crippen LogP) is 2.85. The minimum absolute atomic E-state index is 0.0117. The molecule has 1 aliphatic rings. The number of nitro groups is 1. The maximum absolute atomic E-state index is 12.5. The lowest BCUT2D eigenvalue weighted by molar-refractivity contribution is -0.384. The highest BCUT2D eigenvalue weighted by atomic mass is 32.2. The first-order valence-corrected chi connectivity index (χ1v) is 8.70. The minimum Gasteiger partial charge on any atom is -0.507 e. The summed E-state index contributed by atoms with van der Waals surface area (Å²) in [6.07, 6.45) is 1.48. The van der Waals surface area contributed by atoms with E-state index in [9.17, 15) is 24.8 Å². The molecule has 1 aliphatic heterocycles. The Balaban J connectivity index is 1.76. The van der Waals surface area contributed by atoms with E-state index in [0.29, 0.717) is 5.56 Å². The maximum atomic E-state index is 12.5. The molecule has 1 fully saturated rings. The zero-order valence-corrected chi connectivity index (χ0v) is 15.1. The molecule has 0 unspecified atom stereocenters. The number of carbonyl (C=O) groups is 2. The highest BCUT2D eigenvalue weighted by Gasteiger charge is 2.34. The summed E-state index contributed by atoms with van der Waals surface area (Å²) in [5, 5.41) is 21.4. The van der Waals surface area contributed by atoms with Gasteiger partial charge in [-0.05, 0) is 36.5 Å². The Morgan fingerprint density at radius 2 is 1.89 bits per heavy atom. The second-order valence-electron chi connectivity index (χ2n) is 5.32. The van der Waals surface area contributed by atoms with E-state index in [4.69, 9.17) is 12.2 Å². The van der Waals surface area contributed by atoms with Crippen molar-refractivity contribution >= 4 is 51.9 Å². The Morgan fingerprint density at radius 1 is 1.22 bits per heavy atom. The molecule has 2 aromatic rings. The van der Waals surface area contributed by atoms with E-state index >= 15 is 0 Å². The zero-order valence-electron chi connectivity index (χ0n) is 13.5. The number of hydrazine groups is 1. The van der Waals surface area contributed by atoms with Gasteiger partial charge in [-0.1, -0.05) is 30.0 Å². The maximum Gasteiger partial charge on any atom is 0.285 e. The van der Waals surface area contributed by atoms with Crippen molar-refractivity contribution < 1.29 is 19.6 Å². The number of nitrogens with zero attached hydrogens (tertiary/aromatic N) is 2. The van der Waals surface area contributed by atoms with Crippen LogP contribution in [0.4, 0.5) is 5.69 Å². The number of thiocarbonyl (C=S) groups is 1. The highest BCUT2D eigenvalue weighted by molar-refractivity contribution is 8.26. The van der Waals surface area contributed by atoms with Gasteiger partial charge >= 0.3 is 0 Å². The van der Waals surface area contributed by atoms with E-state index in [2.05, 4.69) is 5.43 Å². The molecule has 136 valence electrons. The summed E-state index contributed by atoms with van der Waals surface area (Å²) in [4.78, 5) is 35.1. The van der Waals surface area contributed by atoms with Crippen LogP contribution in [-0.4, -0.2) is 31.2 Å². The van der Waals surface area contributed by atoms with E-state index in [1.54, 1.807) is 18.2 Å². The Bertz CT molecular complexity index is 988. The summed E-state index contributed by atoms with van der Waals surface area (Å²) in [5.74, 6) is -1.16. The average molecular weight is 401 g/mol. The van der Waals surface area contributed by atoms with Crippen molar-refractivity contribution in [3.63, 3.8) is 0 Å². The molecule has 10 heteroatoms. The molecule has 0 radical (unpaired) electrons. The van der Waals surface area contributed by atoms with Crippen molar-refractivity contribution in [2.45, 2.75) is 0 Å². The monoisotopic (exact) mass is 401 g/mol. The first-order valence-electron chi connectivity index (χ1n) is 7.48. The Labute approximate surface area is 162 Å². The molecule has 0 spiro atoms. The third kappa shape index (κ3) is 3.96. The SMILES string of the molecule is O=C(NN1C(=O)/C(=C\c2ccccc2O)SC1=S)c1ccc([N+](=O)[O-])cc1. The van der Waals surface area contributed by atoms with Crippen LogP contribution in [0, 0.1) is 10.1 Å². The number of aromatic hydroxyl groups is 1. The molecule has 0 aliphatic carbocycles. The van der Waals surface area contributed by atoms with Gasteiger partial charge in [0, 0.05) is 23.3 Å². The lowest BCUT2D eigenvalue weighted by Crippen LogP contribution is -2.44. The number of rotatable bonds is 4. The van der Waals surface area contributed by atoms with Crippen molar-refractivity contribution in [2.24, 2.45) is 0 Å². The summed E-state index contributed by atoms with van der Waals surface area (Å²) in [6.45, 7) is 0. The van der Waals surface area contributed by atoms with Crippen molar-refractivity contribution in [1.82, 2.24) is 10.4 Å². The van der Waals surface area contributed by atoms with Gasteiger partial charge in [0.2, 0.25) is 0 Å². The zero-order chi connectivity index (χ0) is 19.6. The van der Waals surface area contributed by atoms with Crippen molar-refractivity contribution in [2.75, 3.05) is 0 Å². The number of carbonyl (C=O) groups excluding carboxylic acids is 2. The second-order valence-corrected chi connectivity index (χ2v) is 7.00. The van der Waals surface area contributed by atoms with Gasteiger partial charge in [-0.3, -0.25) is 25.1 Å². The number of hydrogen-bond donors (Lipinski definition) is 2. The van der Waals surface area contributed by atoms with E-state index in [1.807, 2.05) is 0 Å². The molecule has 2 aromatic carbocycles. The van der Waals surface area contributed by atoms with Crippen LogP contribution in [-0.2, 0) is 4.79 Å². The fourth-order valence-electron chi connectivity index (χ4n) is 2.22. The summed E-state index contributed by atoms with van der Waals surface area (Å²) < 4.78 is 0.122. The molecule has 0 atom stereocenters. The molecule has 0 aromatic heterocycles. The molecule has 1 heterocycles. The largest absolute Gasteiger partial charge is 0.507 e. The van der Waals surface area contributed by atoms with E-state index < -0.39 is 16.7 Å². The van der Waals surface area contributed by atoms with Gasteiger partial charge < -0.3 is 5.11 Å². The van der Waals surface area contributed by atoms with Crippen LogP contribution in [0.2, 0.25) is 0 Å². The van der Waals surface area contributed by atoms with Gasteiger partial charge in [0.25, 0.3) is 17.5 Å². The summed E-state index contributed by atoms with van der Waals surface area (Å²) >= 11 is 6.11. The number of phenolic OH excluding ortho intramolecular Hbond substituents is 1. The van der Waals surface area contributed by atoms with Crippen molar-refractivity contribution in [3.8, 4) is 5.75 Å². The Hall–Kier alpha value is -3.24. The third-order valence-electron chi connectivity index (χ3n) is 3.57. The van der Waals surface area contributed by atoms with E-state index in [0.717, 1.165) is 16.8 Å². The lowest BCUT2D eigenvalue weighted by atomic mass is 10.2. The van der Waals surface area contributed by atoms with Crippen molar-refractivity contribution in [1.29, 1.82) is 0 Å². The second kappa shape index (κ2) is 7.56. The van der Waals surface area contributed by atoms with Crippen LogP contribution in [0.5, 0.6) is 5.75 Å². The van der Waals surface area contributed by atoms with Crippen LogP contribution >= 0.6 is 24.0 Å². The lowest BCUT2D eigenvalue weighted by Gasteiger charge is -2.15. The Morgan fingerprint density at radius 3 is 2.52 bits per heavy atom. The van der Waals surface area contributed by atoms with Gasteiger partial charge in [0.15, 0.2) is 4.32 Å². The summed E-state index contributed by atoms with van der Waals surface area (Å²) in [5.41, 5.74) is 2.82. The molecule has 27 heavy (non-hydrogen) atoms. The fourth-order valence-corrected chi connectivity index (χ4v) is 3.39. The van der Waals surface area contributed by atoms with Crippen LogP contribution < -0.4 is 5.43 Å². The molecule has 0 saturated carbocycles. The minimum atomic E-state index is -0.634. The molecule has 2 N–H and O–H groups in total. The standard InChI is InChI=1S/C17H11N3O5S2/c21-13-4-2-1-3-11(13)9-14-16(23)19(17(26)27-14)18-15(22)10-5-7-12(8-6-10)20(24)25/h1-9,21H,(H,18,22)/b14-9+. The number of hydrogen-bond acceptors (Lipinski definition) is 7. The normalized spacial score (nSPS) is 15.3. The molecule has 1 saturated heterocycles. The fraction of sp³-hybridized carbons (Fsp3) is 0. The summed E-state index contributed by atoms with van der Waals surface area (Å²) in [6, 6.07) is 11.4. The van der Waals surface area contributed by atoms with Crippen LogP contribution in [0.25, 0.3) is 6.08 Å². The van der Waals surface area contributed by atoms with Gasteiger partial charge in [-0.2, -0.15) is 5.01 Å². The molecule has 3 rings (SSSR count). The Kier molecular flexibility index (Phi) is 5.19. The highest BCUT2D eigenvalue weighted by Crippen LogP contribution is 2.33. The van der Waals surface area contributed by atoms with Gasteiger partial charge in [0.1, 0.15) is 5.75 Å². The number of para-hydroxylation sites is 1. The number of nitrogens with one attached hydrogen (secondary N) is 1. The van der Waals surface area contributed by atoms with Gasteiger partial charge in [-0.25, -0.2) is 0 Å². The molecular weight excluding hydrogens is 390 g/mol. The predicted molar refractivity (Wildman–Crippen MR) is 104 cm³/mol. The molecule has 8 nitrogen and oxygen atoms in total. The average Bonchev–Trinajstić information content (AvgIpc) is 2.91. The van der Waals surface area contributed by atoms with E-state index in [1.165, 1.54) is 36.4 Å². The number of phenols is 1. The third-order valence-corrected chi connectivity index (χ3v) is 4.87. The quantitative estimate of drug-likeness (QED) is 0.350. The van der Waals surface area contributed by atoms with Crippen LogP contribution in [0.1, 0.15) is 15.9 Å². The molecule has 2 amide bonds. The van der Waals surface area contributed by atoms with Crippen LogP contribution in [0.15, 0.2) is 53.4 Å². The number of amides is 2. The number of benzene rings is 2. The van der Waals surface area contributed by atoms with Gasteiger partial charge in [0.05, 0.1) is 9.83 Å². The van der Waals surface area contributed by atoms with Crippen LogP contribution in [0.3, 0.4) is 0 Å². The molecular formula is C17H11N3O5S2. The number of non-ortho nitro benzene ring substituents is 1. The first-order chi connectivity index (χ1) is 12.9. The smallest absolute Gasteiger partial charge is 0.285 e. The first kappa shape index (κ1) is 18.5. The topological polar surface area (TPSA) is 113 Å². The number of thioether (sulfide) groups is 1. The van der Waals surface area contributed by atoms with Crippen molar-refractivity contribution in [3.05, 3.63) is 74.7 Å². The summed E-state index contributed by atoms with van der Waals surface area (Å²) in [7, 11) is 0. The molecule has 0 bridgehead atoms.